The van der Waals surface area contributed by atoms with Crippen molar-refractivity contribution in [2.24, 2.45) is 0 Å². The number of rotatable bonds is 5. The molecule has 2 aromatic heterocycles. The number of benzene rings is 2. The van der Waals surface area contributed by atoms with Crippen LogP contribution in [0, 0.1) is 11.6 Å². The third kappa shape index (κ3) is 3.60. The molecule has 0 aliphatic carbocycles. The van der Waals surface area contributed by atoms with Crippen molar-refractivity contribution < 1.29 is 28.1 Å². The van der Waals surface area contributed by atoms with Crippen LogP contribution in [0.15, 0.2) is 42.7 Å². The standard InChI is InChI=1S/C24H20F2N4O4/c25-15-7-16-22(30-24(29-16)34-18-11-33-17-5-6-32-23(17)18)21(26)20(15)13-3-1-12(2-4-13)14-8-27-19(10-31)28-9-14/h1-4,7-9,17-18,23,31H,5-6,10-11H2,(H,29,30)/t17-,18?,23+/m1/s1. The molecule has 3 atom stereocenters. The van der Waals surface area contributed by atoms with Gasteiger partial charge in [0.1, 0.15) is 24.0 Å². The Balaban J connectivity index is 1.29. The summed E-state index contributed by atoms with van der Waals surface area (Å²) in [5.41, 5.74) is 1.88. The Kier molecular flexibility index (Phi) is 5.20. The highest BCUT2D eigenvalue weighted by Gasteiger charge is 2.43. The molecule has 8 nitrogen and oxygen atoms in total. The van der Waals surface area contributed by atoms with E-state index in [9.17, 15) is 4.39 Å². The van der Waals surface area contributed by atoms with E-state index in [2.05, 4.69) is 19.9 Å². The number of nitrogens with zero attached hydrogens (tertiary/aromatic N) is 3. The molecule has 1 unspecified atom stereocenters. The molecule has 0 spiro atoms. The van der Waals surface area contributed by atoms with E-state index in [4.69, 9.17) is 19.3 Å². The van der Waals surface area contributed by atoms with Gasteiger partial charge in [-0.05, 0) is 17.5 Å². The number of H-pyrrole nitrogens is 1. The smallest absolute Gasteiger partial charge is 0.295 e. The number of aliphatic hydroxyl groups excluding tert-OH is 1. The zero-order valence-corrected chi connectivity index (χ0v) is 17.9. The van der Waals surface area contributed by atoms with Crippen LogP contribution in [0.25, 0.3) is 33.3 Å². The van der Waals surface area contributed by atoms with Crippen LogP contribution >= 0.6 is 0 Å². The van der Waals surface area contributed by atoms with Crippen molar-refractivity contribution >= 4 is 11.0 Å². The molecule has 2 N–H and O–H groups in total. The summed E-state index contributed by atoms with van der Waals surface area (Å²) in [4.78, 5) is 15.2. The highest BCUT2D eigenvalue weighted by molar-refractivity contribution is 5.84. The highest BCUT2D eigenvalue weighted by atomic mass is 19.1. The number of hydrogen-bond acceptors (Lipinski definition) is 7. The van der Waals surface area contributed by atoms with Crippen molar-refractivity contribution in [3.05, 3.63) is 60.2 Å². The van der Waals surface area contributed by atoms with E-state index in [1.807, 2.05) is 0 Å². The largest absolute Gasteiger partial charge is 0.456 e. The van der Waals surface area contributed by atoms with Gasteiger partial charge in [-0.1, -0.05) is 24.3 Å². The van der Waals surface area contributed by atoms with Gasteiger partial charge < -0.3 is 24.3 Å². The average molecular weight is 466 g/mol. The van der Waals surface area contributed by atoms with Crippen molar-refractivity contribution in [3.63, 3.8) is 0 Å². The number of ether oxygens (including phenoxy) is 3. The van der Waals surface area contributed by atoms with Gasteiger partial charge in [-0.3, -0.25) is 0 Å². The van der Waals surface area contributed by atoms with E-state index in [0.29, 0.717) is 24.6 Å². The van der Waals surface area contributed by atoms with Crippen molar-refractivity contribution in [1.29, 1.82) is 0 Å². The maximum atomic E-state index is 15.4. The number of halogens is 2. The summed E-state index contributed by atoms with van der Waals surface area (Å²) in [5.74, 6) is -1.18. The molecular formula is C24H20F2N4O4. The van der Waals surface area contributed by atoms with Crippen molar-refractivity contribution in [2.75, 3.05) is 13.2 Å². The summed E-state index contributed by atoms with van der Waals surface area (Å²) in [6.07, 6.45) is 3.43. The second-order valence-corrected chi connectivity index (χ2v) is 8.26. The van der Waals surface area contributed by atoms with Gasteiger partial charge >= 0.3 is 0 Å². The molecular weight excluding hydrogens is 446 g/mol. The SMILES string of the molecule is OCc1ncc(-c2ccc(-c3c(F)cc4[nH]c(OC5CO[C@@H]6CCO[C@H]56)nc4c3F)cc2)cn1. The second-order valence-electron chi connectivity index (χ2n) is 8.26. The van der Waals surface area contributed by atoms with Gasteiger partial charge in [0.25, 0.3) is 6.01 Å². The van der Waals surface area contributed by atoms with E-state index >= 15 is 4.39 Å². The molecule has 6 rings (SSSR count). The van der Waals surface area contributed by atoms with Gasteiger partial charge in [-0.2, -0.15) is 4.98 Å². The maximum Gasteiger partial charge on any atom is 0.295 e. The first-order valence-corrected chi connectivity index (χ1v) is 10.9. The lowest BCUT2D eigenvalue weighted by Crippen LogP contribution is -2.32. The van der Waals surface area contributed by atoms with Crippen LogP contribution in [0.3, 0.4) is 0 Å². The minimum Gasteiger partial charge on any atom is -0.456 e. The third-order valence-electron chi connectivity index (χ3n) is 6.18. The number of aromatic nitrogens is 4. The Morgan fingerprint density at radius 1 is 1.06 bits per heavy atom. The monoisotopic (exact) mass is 466 g/mol. The third-order valence-corrected chi connectivity index (χ3v) is 6.18. The molecule has 2 aliphatic rings. The predicted octanol–water partition coefficient (Wildman–Crippen LogP) is 3.39. The molecule has 0 bridgehead atoms. The number of nitrogens with one attached hydrogen (secondary N) is 1. The van der Waals surface area contributed by atoms with Crippen molar-refractivity contribution in [2.45, 2.75) is 31.3 Å². The summed E-state index contributed by atoms with van der Waals surface area (Å²) in [5, 5.41) is 9.07. The van der Waals surface area contributed by atoms with E-state index in [-0.39, 0.29) is 47.5 Å². The number of aromatic amines is 1. The molecule has 174 valence electrons. The fraction of sp³-hybridized carbons (Fsp3) is 0.292. The Morgan fingerprint density at radius 3 is 2.59 bits per heavy atom. The van der Waals surface area contributed by atoms with Gasteiger partial charge in [0.05, 0.1) is 23.8 Å². The van der Waals surface area contributed by atoms with Crippen molar-refractivity contribution in [3.8, 4) is 28.3 Å². The summed E-state index contributed by atoms with van der Waals surface area (Å²) >= 11 is 0. The number of imidazole rings is 1. The van der Waals surface area contributed by atoms with E-state index in [1.54, 1.807) is 36.7 Å². The lowest BCUT2D eigenvalue weighted by atomic mass is 10.0. The zero-order valence-electron chi connectivity index (χ0n) is 17.9. The topological polar surface area (TPSA) is 102 Å². The predicted molar refractivity (Wildman–Crippen MR) is 117 cm³/mol. The van der Waals surface area contributed by atoms with Crippen LogP contribution in [-0.4, -0.2) is 56.6 Å². The number of hydrogen-bond donors (Lipinski definition) is 2. The van der Waals surface area contributed by atoms with Gasteiger partial charge in [0, 0.05) is 30.6 Å². The highest BCUT2D eigenvalue weighted by Crippen LogP contribution is 2.34. The summed E-state index contributed by atoms with van der Waals surface area (Å²) in [7, 11) is 0. The van der Waals surface area contributed by atoms with E-state index < -0.39 is 11.6 Å². The van der Waals surface area contributed by atoms with Crippen LogP contribution in [0.5, 0.6) is 6.01 Å². The van der Waals surface area contributed by atoms with E-state index in [0.717, 1.165) is 17.5 Å². The fourth-order valence-corrected chi connectivity index (χ4v) is 4.47. The minimum absolute atomic E-state index is 0.00249. The maximum absolute atomic E-state index is 15.4. The molecule has 2 fully saturated rings. The lowest BCUT2D eigenvalue weighted by Gasteiger charge is -2.15. The van der Waals surface area contributed by atoms with Crippen LogP contribution in [-0.2, 0) is 16.1 Å². The molecule has 0 amide bonds. The van der Waals surface area contributed by atoms with Crippen LogP contribution in [0.1, 0.15) is 12.2 Å². The Morgan fingerprint density at radius 2 is 1.82 bits per heavy atom. The van der Waals surface area contributed by atoms with Crippen LogP contribution in [0.2, 0.25) is 0 Å². The molecule has 34 heavy (non-hydrogen) atoms. The Labute approximate surface area is 192 Å². The average Bonchev–Trinajstić information content (AvgIpc) is 3.57. The fourth-order valence-electron chi connectivity index (χ4n) is 4.47. The number of aliphatic hydroxyl groups is 1. The van der Waals surface area contributed by atoms with Crippen LogP contribution in [0.4, 0.5) is 8.78 Å². The Hall–Kier alpha value is -3.47. The molecule has 4 aromatic rings. The first-order valence-electron chi connectivity index (χ1n) is 10.9. The lowest BCUT2D eigenvalue weighted by molar-refractivity contribution is 0.0273. The van der Waals surface area contributed by atoms with Crippen molar-refractivity contribution in [1.82, 2.24) is 19.9 Å². The molecule has 0 saturated carbocycles. The molecule has 2 saturated heterocycles. The van der Waals surface area contributed by atoms with E-state index in [1.165, 1.54) is 6.07 Å². The first-order chi connectivity index (χ1) is 16.6. The summed E-state index contributed by atoms with van der Waals surface area (Å²) < 4.78 is 47.5. The van der Waals surface area contributed by atoms with Gasteiger partial charge in [-0.25, -0.2) is 18.7 Å². The molecule has 2 aromatic carbocycles. The molecule has 0 radical (unpaired) electrons. The molecule has 2 aliphatic heterocycles. The second kappa shape index (κ2) is 8.39. The molecule has 4 heterocycles. The van der Waals surface area contributed by atoms with Gasteiger partial charge in [-0.15, -0.1) is 0 Å². The molecule has 10 heteroatoms. The van der Waals surface area contributed by atoms with Gasteiger partial charge in [0.15, 0.2) is 17.7 Å². The summed E-state index contributed by atoms with van der Waals surface area (Å²) in [6.45, 7) is 0.719. The Bertz CT molecular complexity index is 1340. The van der Waals surface area contributed by atoms with Crippen LogP contribution < -0.4 is 4.74 Å². The minimum atomic E-state index is -0.776. The first kappa shape index (κ1) is 21.1. The van der Waals surface area contributed by atoms with Gasteiger partial charge in [0.2, 0.25) is 0 Å². The number of fused-ring (bicyclic) bond motifs is 2. The normalized spacial score (nSPS) is 21.8. The summed E-state index contributed by atoms with van der Waals surface area (Å²) in [6, 6.07) is 8.01. The quantitative estimate of drug-likeness (QED) is 0.465. The zero-order chi connectivity index (χ0) is 23.2.